The smallest absolute Gasteiger partial charge is 0.326 e. The van der Waals surface area contributed by atoms with Gasteiger partial charge in [0.2, 0.25) is 17.7 Å². The summed E-state index contributed by atoms with van der Waals surface area (Å²) in [5, 5.41) is 21.6. The highest BCUT2D eigenvalue weighted by molar-refractivity contribution is 5.96. The highest BCUT2D eigenvalue weighted by Crippen LogP contribution is 2.25. The van der Waals surface area contributed by atoms with E-state index in [1.807, 2.05) is 0 Å². The van der Waals surface area contributed by atoms with Gasteiger partial charge in [0.05, 0.1) is 18.6 Å². The van der Waals surface area contributed by atoms with E-state index >= 15 is 0 Å². The highest BCUT2D eigenvalue weighted by atomic mass is 16.4. The maximum atomic E-state index is 13.3. The van der Waals surface area contributed by atoms with Gasteiger partial charge in [-0.05, 0) is 32.1 Å². The van der Waals surface area contributed by atoms with Gasteiger partial charge in [0, 0.05) is 13.0 Å². The number of primary amides is 1. The molecule has 0 radical (unpaired) electrons. The van der Waals surface area contributed by atoms with E-state index in [-0.39, 0.29) is 37.6 Å². The van der Waals surface area contributed by atoms with Gasteiger partial charge in [-0.2, -0.15) is 0 Å². The van der Waals surface area contributed by atoms with Crippen LogP contribution in [0.4, 0.5) is 4.79 Å². The van der Waals surface area contributed by atoms with Gasteiger partial charge in [0.25, 0.3) is 0 Å². The summed E-state index contributed by atoms with van der Waals surface area (Å²) in [7, 11) is 0. The molecule has 4 atom stereocenters. The zero-order chi connectivity index (χ0) is 27.5. The second-order valence-corrected chi connectivity index (χ2v) is 8.98. The van der Waals surface area contributed by atoms with Crippen molar-refractivity contribution >= 4 is 42.0 Å². The van der Waals surface area contributed by atoms with Crippen molar-refractivity contribution in [1.82, 2.24) is 26.6 Å². The first kappa shape index (κ1) is 30.1. The van der Waals surface area contributed by atoms with Gasteiger partial charge in [-0.1, -0.05) is 13.8 Å². The summed E-state index contributed by atoms with van der Waals surface area (Å²) in [5.74, 6) is -3.57. The first-order valence-electron chi connectivity index (χ1n) is 11.5. The van der Waals surface area contributed by atoms with Crippen LogP contribution >= 0.6 is 0 Å². The van der Waals surface area contributed by atoms with Crippen molar-refractivity contribution in [3.63, 3.8) is 0 Å². The molecule has 1 aliphatic rings. The predicted octanol–water partition coefficient (Wildman–Crippen LogP) is -2.71. The Hall–Kier alpha value is -3.91. The number of aliphatic carboxylic acids is 1. The van der Waals surface area contributed by atoms with Gasteiger partial charge >= 0.3 is 12.0 Å². The fourth-order valence-corrected chi connectivity index (χ4v) is 3.65. The number of rotatable bonds is 14. The molecule has 15 nitrogen and oxygen atoms in total. The number of guanidine groups is 1. The number of amides is 5. The van der Waals surface area contributed by atoms with Crippen molar-refractivity contribution in [1.29, 1.82) is 0 Å². The maximum absolute atomic E-state index is 13.3. The van der Waals surface area contributed by atoms with E-state index in [9.17, 15) is 33.9 Å². The minimum Gasteiger partial charge on any atom is -0.480 e. The van der Waals surface area contributed by atoms with E-state index in [0.717, 1.165) is 0 Å². The normalized spacial score (nSPS) is 18.3. The molecule has 0 saturated carbocycles. The zero-order valence-electron chi connectivity index (χ0n) is 20.6. The van der Waals surface area contributed by atoms with Gasteiger partial charge in [-0.25, -0.2) is 14.6 Å². The van der Waals surface area contributed by atoms with E-state index in [4.69, 9.17) is 11.5 Å². The number of carboxylic acids is 1. The number of hydrogen-bond acceptors (Lipinski definition) is 9. The van der Waals surface area contributed by atoms with Crippen LogP contribution < -0.4 is 38.1 Å². The molecule has 15 heteroatoms. The highest BCUT2D eigenvalue weighted by Gasteiger charge is 2.48. The van der Waals surface area contributed by atoms with Crippen molar-refractivity contribution in [2.45, 2.75) is 70.1 Å². The molecule has 1 rings (SSSR count). The third-order valence-electron chi connectivity index (χ3n) is 5.40. The molecule has 10 N–H and O–H groups in total. The van der Waals surface area contributed by atoms with Crippen LogP contribution in [0.2, 0.25) is 0 Å². The summed E-state index contributed by atoms with van der Waals surface area (Å²) in [4.78, 5) is 76.6. The summed E-state index contributed by atoms with van der Waals surface area (Å²) in [6.45, 7) is 4.70. The minimum atomic E-state index is -1.82. The van der Waals surface area contributed by atoms with Gasteiger partial charge in [-0.15, -0.1) is 0 Å². The van der Waals surface area contributed by atoms with E-state index < -0.39 is 59.9 Å². The van der Waals surface area contributed by atoms with Crippen LogP contribution in [-0.4, -0.2) is 83.8 Å². The van der Waals surface area contributed by atoms with Crippen molar-refractivity contribution in [3.05, 3.63) is 0 Å². The Morgan fingerprint density at radius 3 is 2.42 bits per heavy atom. The number of carbonyl (C=O) groups is 6. The van der Waals surface area contributed by atoms with Gasteiger partial charge in [-0.3, -0.25) is 14.4 Å². The summed E-state index contributed by atoms with van der Waals surface area (Å²) in [5.41, 5.74) is 9.24. The number of nitrogens with zero attached hydrogens (tertiary/aromatic N) is 1. The molecule has 202 valence electrons. The first-order valence-corrected chi connectivity index (χ1v) is 11.5. The van der Waals surface area contributed by atoms with Gasteiger partial charge in [0.1, 0.15) is 17.9 Å². The van der Waals surface area contributed by atoms with E-state index in [1.165, 1.54) is 6.92 Å². The second-order valence-electron chi connectivity index (χ2n) is 8.98. The molecule has 4 unspecified atom stereocenters. The molecule has 1 heterocycles. The van der Waals surface area contributed by atoms with Crippen molar-refractivity contribution in [2.24, 2.45) is 22.4 Å². The fourth-order valence-electron chi connectivity index (χ4n) is 3.65. The summed E-state index contributed by atoms with van der Waals surface area (Å²) in [6.07, 6.45) is 0.350. The lowest BCUT2D eigenvalue weighted by Crippen LogP contribution is -2.68. The molecule has 0 aromatic carbocycles. The number of nitrogens with two attached hydrogens (primary N) is 2. The monoisotopic (exact) mass is 512 g/mol. The number of nitrogens with one attached hydrogen (secondary N) is 5. The van der Waals surface area contributed by atoms with E-state index in [1.54, 1.807) is 13.8 Å². The quantitative estimate of drug-likeness (QED) is 0.112. The van der Waals surface area contributed by atoms with Gasteiger partial charge in [0.15, 0.2) is 5.96 Å². The Morgan fingerprint density at radius 1 is 1.22 bits per heavy atom. The van der Waals surface area contributed by atoms with Crippen LogP contribution in [-0.2, 0) is 24.0 Å². The Bertz CT molecular complexity index is 878. The third kappa shape index (κ3) is 9.38. The van der Waals surface area contributed by atoms with E-state index in [0.29, 0.717) is 12.8 Å². The van der Waals surface area contributed by atoms with Crippen LogP contribution in [0.3, 0.4) is 0 Å². The van der Waals surface area contributed by atoms with Crippen LogP contribution in [0.5, 0.6) is 0 Å². The predicted molar refractivity (Wildman–Crippen MR) is 128 cm³/mol. The van der Waals surface area contributed by atoms with Crippen molar-refractivity contribution in [2.75, 3.05) is 13.1 Å². The molecule has 0 saturated heterocycles. The molecule has 0 aromatic heterocycles. The Labute approximate surface area is 208 Å². The number of carbonyl (C=O) groups excluding carboxylic acids is 5. The molecule has 0 aliphatic carbocycles. The molecule has 1 aliphatic heterocycles. The molecular formula is C21H36N8O7. The number of hydrogen-bond donors (Lipinski definition) is 8. The largest absolute Gasteiger partial charge is 0.480 e. The van der Waals surface area contributed by atoms with Crippen LogP contribution in [0.1, 0.15) is 46.5 Å². The van der Waals surface area contributed by atoms with Crippen LogP contribution in [0.25, 0.3) is 0 Å². The van der Waals surface area contributed by atoms with Gasteiger partial charge < -0.3 is 48.0 Å². The van der Waals surface area contributed by atoms with Crippen LogP contribution in [0.15, 0.2) is 4.99 Å². The molecule has 36 heavy (non-hydrogen) atoms. The average Bonchev–Trinajstić information content (AvgIpc) is 2.79. The second kappa shape index (κ2) is 13.8. The first-order chi connectivity index (χ1) is 16.8. The molecule has 0 fully saturated rings. The topological polar surface area (TPSA) is 247 Å². The van der Waals surface area contributed by atoms with Crippen LogP contribution in [0, 0.1) is 5.92 Å². The standard InChI is InChI=1S/C21H36N8O7/c1-11(2)8-13(17(33)34)27-20(36)25-9-16(32)29-21(6-4-15(22)31,18(35)26-12(3)10-30)14-5-7-24-19(23)28-14/h10-14H,4-9H2,1-3H3,(H2,22,31)(H,26,35)(H,29,32)(H,33,34)(H3,23,24,28)(H2,25,27,36). The zero-order valence-corrected chi connectivity index (χ0v) is 20.6. The Balaban J connectivity index is 3.12. The van der Waals surface area contributed by atoms with Crippen molar-refractivity contribution < 1.29 is 33.9 Å². The lowest BCUT2D eigenvalue weighted by Gasteiger charge is -2.40. The van der Waals surface area contributed by atoms with E-state index in [2.05, 4.69) is 31.6 Å². The maximum Gasteiger partial charge on any atom is 0.326 e. The molecular weight excluding hydrogens is 476 g/mol. The minimum absolute atomic E-state index is 0.00851. The Morgan fingerprint density at radius 2 is 1.89 bits per heavy atom. The molecule has 0 bridgehead atoms. The summed E-state index contributed by atoms with van der Waals surface area (Å²) >= 11 is 0. The lowest BCUT2D eigenvalue weighted by atomic mass is 9.81. The lowest BCUT2D eigenvalue weighted by molar-refractivity contribution is -0.139. The van der Waals surface area contributed by atoms with Crippen molar-refractivity contribution in [3.8, 4) is 0 Å². The number of urea groups is 1. The molecule has 5 amide bonds. The molecule has 0 aromatic rings. The summed E-state index contributed by atoms with van der Waals surface area (Å²) < 4.78 is 0. The SMILES string of the molecule is CC(C)CC(NC(=O)NCC(=O)NC(CCC(N)=O)(C(=O)NC(C)C=O)C1CCNC(N)=N1)C(=O)O. The summed E-state index contributed by atoms with van der Waals surface area (Å²) in [6, 6.07) is -3.89. The third-order valence-corrected chi connectivity index (χ3v) is 5.40. The fraction of sp³-hybridized carbons (Fsp3) is 0.667. The number of aldehydes is 1. The Kier molecular flexibility index (Phi) is 11.6. The number of aliphatic imine (C=N–C) groups is 1. The number of carboxylic acid groups (broad SMARTS) is 1. The molecule has 0 spiro atoms. The average molecular weight is 513 g/mol.